The number of pyridine rings is 1. The van der Waals surface area contributed by atoms with E-state index in [0.29, 0.717) is 0 Å². The molecule has 0 atom stereocenters. The highest BCUT2D eigenvalue weighted by Crippen LogP contribution is 2.21. The Morgan fingerprint density at radius 3 is 2.75 bits per heavy atom. The van der Waals surface area contributed by atoms with Crippen molar-refractivity contribution in [1.29, 1.82) is 0 Å². The van der Waals surface area contributed by atoms with E-state index < -0.39 is 10.0 Å². The molecule has 2 aromatic rings. The highest BCUT2D eigenvalue weighted by molar-refractivity contribution is 7.92. The summed E-state index contributed by atoms with van der Waals surface area (Å²) in [6.07, 6.45) is 5.28. The van der Waals surface area contributed by atoms with Gasteiger partial charge in [0.15, 0.2) is 5.03 Å². The molecule has 0 aliphatic rings. The van der Waals surface area contributed by atoms with Crippen LogP contribution in [0.4, 0.5) is 5.69 Å². The molecule has 0 saturated carbocycles. The van der Waals surface area contributed by atoms with E-state index in [-0.39, 0.29) is 15.7 Å². The van der Waals surface area contributed by atoms with Crippen LogP contribution >= 0.6 is 11.6 Å². The number of anilines is 1. The fraction of sp³-hybridized carbons (Fsp3) is 0. The van der Waals surface area contributed by atoms with E-state index in [9.17, 15) is 8.42 Å². The Bertz CT molecular complexity index is 582. The number of imidazole rings is 1. The maximum Gasteiger partial charge on any atom is 0.279 e. The summed E-state index contributed by atoms with van der Waals surface area (Å²) in [5.74, 6) is 0. The predicted octanol–water partition coefficient (Wildman–Crippen LogP) is 1.26. The van der Waals surface area contributed by atoms with E-state index in [1.54, 1.807) is 0 Å². The summed E-state index contributed by atoms with van der Waals surface area (Å²) in [5.41, 5.74) is 0.221. The first-order chi connectivity index (χ1) is 7.59. The topological polar surface area (TPSA) is 87.7 Å². The maximum atomic E-state index is 11.7. The number of hydrogen-bond donors (Lipinski definition) is 2. The average molecular weight is 259 g/mol. The van der Waals surface area contributed by atoms with Gasteiger partial charge in [0.2, 0.25) is 0 Å². The van der Waals surface area contributed by atoms with E-state index in [4.69, 9.17) is 11.6 Å². The highest BCUT2D eigenvalue weighted by atomic mass is 35.5. The van der Waals surface area contributed by atoms with Crippen molar-refractivity contribution in [2.75, 3.05) is 4.72 Å². The summed E-state index contributed by atoms with van der Waals surface area (Å²) in [4.78, 5) is 9.90. The number of aromatic amines is 1. The maximum absolute atomic E-state index is 11.7. The third-order valence-electron chi connectivity index (χ3n) is 1.77. The van der Waals surface area contributed by atoms with Gasteiger partial charge in [0.1, 0.15) is 0 Å². The molecule has 6 nitrogen and oxygen atoms in total. The standard InChI is InChI=1S/C8H7ClN4O2S/c9-6-1-2-10-3-7(6)13-16(14,15)8-4-11-5-12-8/h1-5,13H,(H,11,12). The van der Waals surface area contributed by atoms with Gasteiger partial charge in [0, 0.05) is 6.20 Å². The van der Waals surface area contributed by atoms with Gasteiger partial charge in [-0.15, -0.1) is 0 Å². The number of halogens is 1. The Morgan fingerprint density at radius 2 is 2.12 bits per heavy atom. The first-order valence-corrected chi connectivity index (χ1v) is 6.06. The summed E-state index contributed by atoms with van der Waals surface area (Å²) in [6, 6.07) is 1.49. The van der Waals surface area contributed by atoms with E-state index >= 15 is 0 Å². The van der Waals surface area contributed by atoms with Gasteiger partial charge in [-0.1, -0.05) is 11.6 Å². The fourth-order valence-corrected chi connectivity index (χ4v) is 2.22. The molecule has 0 amide bonds. The van der Waals surface area contributed by atoms with Gasteiger partial charge in [0.25, 0.3) is 10.0 Å². The van der Waals surface area contributed by atoms with Crippen LogP contribution in [-0.4, -0.2) is 23.4 Å². The van der Waals surface area contributed by atoms with Crippen molar-refractivity contribution < 1.29 is 8.42 Å². The Morgan fingerprint density at radius 1 is 1.31 bits per heavy atom. The summed E-state index contributed by atoms with van der Waals surface area (Å²) >= 11 is 5.80. The van der Waals surface area contributed by atoms with Crippen molar-refractivity contribution in [2.45, 2.75) is 5.03 Å². The summed E-state index contributed by atoms with van der Waals surface area (Å²) in [5, 5.41) is 0.241. The van der Waals surface area contributed by atoms with Crippen molar-refractivity contribution in [3.8, 4) is 0 Å². The summed E-state index contributed by atoms with van der Waals surface area (Å²) in [6.45, 7) is 0. The SMILES string of the molecule is O=S(=O)(Nc1cnccc1Cl)c1cnc[nH]1. The van der Waals surface area contributed by atoms with E-state index in [2.05, 4.69) is 19.7 Å². The second kappa shape index (κ2) is 4.11. The molecule has 0 radical (unpaired) electrons. The molecular weight excluding hydrogens is 252 g/mol. The van der Waals surface area contributed by atoms with Crippen molar-refractivity contribution in [2.24, 2.45) is 0 Å². The van der Waals surface area contributed by atoms with Crippen LogP contribution in [0.2, 0.25) is 5.02 Å². The first kappa shape index (κ1) is 10.9. The summed E-state index contributed by atoms with van der Waals surface area (Å²) in [7, 11) is -3.68. The second-order valence-electron chi connectivity index (χ2n) is 2.88. The lowest BCUT2D eigenvalue weighted by Gasteiger charge is -2.06. The first-order valence-electron chi connectivity index (χ1n) is 4.20. The number of nitrogens with one attached hydrogen (secondary N) is 2. The normalized spacial score (nSPS) is 11.3. The molecule has 84 valence electrons. The number of H-pyrrole nitrogens is 1. The fourth-order valence-electron chi connectivity index (χ4n) is 1.04. The van der Waals surface area contributed by atoms with Crippen LogP contribution in [0, 0.1) is 0 Å². The van der Waals surface area contributed by atoms with Crippen LogP contribution in [0.15, 0.2) is 36.0 Å². The lowest BCUT2D eigenvalue weighted by molar-refractivity contribution is 0.598. The van der Waals surface area contributed by atoms with Crippen molar-refractivity contribution in [3.63, 3.8) is 0 Å². The molecule has 8 heteroatoms. The minimum Gasteiger partial charge on any atom is -0.334 e. The minimum absolute atomic E-state index is 0.0348. The van der Waals surface area contributed by atoms with Crippen LogP contribution in [0.3, 0.4) is 0 Å². The minimum atomic E-state index is -3.68. The third kappa shape index (κ3) is 2.15. The van der Waals surface area contributed by atoms with Crippen LogP contribution in [0.1, 0.15) is 0 Å². The van der Waals surface area contributed by atoms with Gasteiger partial charge in [-0.2, -0.15) is 8.42 Å². The zero-order valence-corrected chi connectivity index (χ0v) is 9.46. The average Bonchev–Trinajstić information content (AvgIpc) is 2.75. The van der Waals surface area contributed by atoms with E-state index in [1.807, 2.05) is 0 Å². The molecule has 2 heterocycles. The number of rotatable bonds is 3. The third-order valence-corrected chi connectivity index (χ3v) is 3.40. The van der Waals surface area contributed by atoms with Crippen LogP contribution in [0.25, 0.3) is 0 Å². The molecule has 0 aliphatic carbocycles. The Balaban J connectivity index is 2.33. The Labute approximate surface area is 96.8 Å². The van der Waals surface area contributed by atoms with Crippen molar-refractivity contribution >= 4 is 27.3 Å². The van der Waals surface area contributed by atoms with E-state index in [0.717, 1.165) is 0 Å². The smallest absolute Gasteiger partial charge is 0.279 e. The van der Waals surface area contributed by atoms with Gasteiger partial charge in [-0.3, -0.25) is 9.71 Å². The molecule has 2 aromatic heterocycles. The molecule has 2 N–H and O–H groups in total. The van der Waals surface area contributed by atoms with Crippen molar-refractivity contribution in [3.05, 3.63) is 36.0 Å². The lowest BCUT2D eigenvalue weighted by atomic mass is 10.4. The van der Waals surface area contributed by atoms with E-state index in [1.165, 1.54) is 31.0 Å². The lowest BCUT2D eigenvalue weighted by Crippen LogP contribution is -2.13. The van der Waals surface area contributed by atoms with Gasteiger partial charge in [-0.05, 0) is 6.07 Å². The number of hydrogen-bond acceptors (Lipinski definition) is 4. The monoisotopic (exact) mass is 258 g/mol. The number of sulfonamides is 1. The molecule has 0 spiro atoms. The van der Waals surface area contributed by atoms with Crippen LogP contribution in [-0.2, 0) is 10.0 Å². The Kier molecular flexibility index (Phi) is 2.80. The number of aromatic nitrogens is 3. The molecule has 0 fully saturated rings. The quantitative estimate of drug-likeness (QED) is 0.868. The summed E-state index contributed by atoms with van der Waals surface area (Å²) < 4.78 is 25.8. The molecule has 0 unspecified atom stereocenters. The van der Waals surface area contributed by atoms with Crippen molar-refractivity contribution in [1.82, 2.24) is 15.0 Å². The largest absolute Gasteiger partial charge is 0.334 e. The predicted molar refractivity (Wildman–Crippen MR) is 58.6 cm³/mol. The molecule has 0 bridgehead atoms. The zero-order chi connectivity index (χ0) is 11.6. The Hall–Kier alpha value is -1.60. The zero-order valence-electron chi connectivity index (χ0n) is 7.88. The molecule has 16 heavy (non-hydrogen) atoms. The molecule has 0 aliphatic heterocycles. The van der Waals surface area contributed by atoms with Gasteiger partial charge < -0.3 is 4.98 Å². The van der Waals surface area contributed by atoms with Gasteiger partial charge in [-0.25, -0.2) is 4.98 Å². The van der Waals surface area contributed by atoms with Crippen LogP contribution in [0.5, 0.6) is 0 Å². The van der Waals surface area contributed by atoms with Gasteiger partial charge >= 0.3 is 0 Å². The molecule has 0 saturated heterocycles. The van der Waals surface area contributed by atoms with Crippen LogP contribution < -0.4 is 4.72 Å². The second-order valence-corrected chi connectivity index (χ2v) is 4.93. The van der Waals surface area contributed by atoms with Gasteiger partial charge in [0.05, 0.1) is 29.4 Å². The molecule has 2 rings (SSSR count). The number of nitrogens with zero attached hydrogens (tertiary/aromatic N) is 2. The molecular formula is C8H7ClN4O2S. The molecule has 0 aromatic carbocycles. The highest BCUT2D eigenvalue weighted by Gasteiger charge is 2.16.